The van der Waals surface area contributed by atoms with Crippen molar-refractivity contribution in [1.29, 1.82) is 0 Å². The van der Waals surface area contributed by atoms with Crippen molar-refractivity contribution in [2.24, 2.45) is 0 Å². The van der Waals surface area contributed by atoms with Gasteiger partial charge >= 0.3 is 0 Å². The van der Waals surface area contributed by atoms with E-state index in [4.69, 9.17) is 9.47 Å². The molecular formula is C39H73NO8. The Morgan fingerprint density at radius 1 is 0.688 bits per heavy atom. The SMILES string of the molecule is CCCCCCCC/C=C\CCCCCCCCCC(=O)NC(COC1OC(CO)C(O)C(O)C1O)C(O)/C=C/CCCCCCCC. The Morgan fingerprint density at radius 2 is 1.17 bits per heavy atom. The molecule has 1 saturated heterocycles. The van der Waals surface area contributed by atoms with E-state index in [2.05, 4.69) is 31.3 Å². The molecule has 1 rings (SSSR count). The van der Waals surface area contributed by atoms with Gasteiger partial charge in [0.1, 0.15) is 24.4 Å². The number of ether oxygens (including phenoxy) is 2. The summed E-state index contributed by atoms with van der Waals surface area (Å²) in [5, 5.41) is 53.7. The largest absolute Gasteiger partial charge is 0.394 e. The summed E-state index contributed by atoms with van der Waals surface area (Å²) in [4.78, 5) is 12.8. The van der Waals surface area contributed by atoms with Crippen LogP contribution < -0.4 is 5.32 Å². The van der Waals surface area contributed by atoms with E-state index in [1.165, 1.54) is 96.3 Å². The molecule has 0 spiro atoms. The van der Waals surface area contributed by atoms with E-state index < -0.39 is 49.5 Å². The molecule has 1 heterocycles. The van der Waals surface area contributed by atoms with E-state index in [-0.39, 0.29) is 12.5 Å². The smallest absolute Gasteiger partial charge is 0.220 e. The third-order valence-corrected chi connectivity index (χ3v) is 9.27. The van der Waals surface area contributed by atoms with Crippen molar-refractivity contribution in [3.63, 3.8) is 0 Å². The highest BCUT2D eigenvalue weighted by molar-refractivity contribution is 5.76. The number of rotatable bonds is 31. The lowest BCUT2D eigenvalue weighted by molar-refractivity contribution is -0.302. The normalized spacial score (nSPS) is 22.9. The van der Waals surface area contributed by atoms with Gasteiger partial charge in [-0.15, -0.1) is 0 Å². The molecular weight excluding hydrogens is 610 g/mol. The van der Waals surface area contributed by atoms with Crippen molar-refractivity contribution in [1.82, 2.24) is 5.32 Å². The van der Waals surface area contributed by atoms with E-state index in [0.717, 1.165) is 44.9 Å². The van der Waals surface area contributed by atoms with Crippen LogP contribution in [0.5, 0.6) is 0 Å². The first-order valence-corrected chi connectivity index (χ1v) is 19.6. The monoisotopic (exact) mass is 684 g/mol. The molecule has 0 saturated carbocycles. The summed E-state index contributed by atoms with van der Waals surface area (Å²) >= 11 is 0. The fourth-order valence-corrected chi connectivity index (χ4v) is 6.03. The average Bonchev–Trinajstić information content (AvgIpc) is 3.08. The van der Waals surface area contributed by atoms with Crippen molar-refractivity contribution >= 4 is 5.91 Å². The number of amides is 1. The Morgan fingerprint density at radius 3 is 1.69 bits per heavy atom. The Labute approximate surface area is 292 Å². The fraction of sp³-hybridized carbons (Fsp3) is 0.872. The minimum Gasteiger partial charge on any atom is -0.394 e. The lowest BCUT2D eigenvalue weighted by Gasteiger charge is -2.40. The van der Waals surface area contributed by atoms with E-state index in [0.29, 0.717) is 6.42 Å². The maximum Gasteiger partial charge on any atom is 0.220 e. The van der Waals surface area contributed by atoms with Crippen LogP contribution in [-0.4, -0.2) is 87.5 Å². The molecule has 0 aliphatic carbocycles. The quantitative estimate of drug-likeness (QED) is 0.0346. The van der Waals surface area contributed by atoms with Crippen LogP contribution in [0.25, 0.3) is 0 Å². The number of carbonyl (C=O) groups is 1. The molecule has 1 fully saturated rings. The number of nitrogens with one attached hydrogen (secondary N) is 1. The third kappa shape index (κ3) is 21.7. The molecule has 282 valence electrons. The van der Waals surface area contributed by atoms with Gasteiger partial charge in [0.05, 0.1) is 25.4 Å². The van der Waals surface area contributed by atoms with Crippen LogP contribution in [0.3, 0.4) is 0 Å². The van der Waals surface area contributed by atoms with Crippen molar-refractivity contribution in [3.8, 4) is 0 Å². The van der Waals surface area contributed by atoms with Gasteiger partial charge in [-0.1, -0.05) is 134 Å². The zero-order valence-corrected chi connectivity index (χ0v) is 30.5. The van der Waals surface area contributed by atoms with Gasteiger partial charge in [0, 0.05) is 6.42 Å². The first-order valence-electron chi connectivity index (χ1n) is 19.6. The molecule has 0 aromatic carbocycles. The number of carbonyl (C=O) groups excluding carboxylic acids is 1. The van der Waals surface area contributed by atoms with Crippen LogP contribution in [0.2, 0.25) is 0 Å². The molecule has 1 aliphatic rings. The number of hydrogen-bond donors (Lipinski definition) is 6. The minimum absolute atomic E-state index is 0.187. The third-order valence-electron chi connectivity index (χ3n) is 9.27. The van der Waals surface area contributed by atoms with Gasteiger partial charge in [0.2, 0.25) is 5.91 Å². The van der Waals surface area contributed by atoms with Gasteiger partial charge in [0.25, 0.3) is 0 Å². The lowest BCUT2D eigenvalue weighted by atomic mass is 9.99. The van der Waals surface area contributed by atoms with Crippen LogP contribution in [0, 0.1) is 0 Å². The summed E-state index contributed by atoms with van der Waals surface area (Å²) in [7, 11) is 0. The molecule has 48 heavy (non-hydrogen) atoms. The summed E-state index contributed by atoms with van der Waals surface area (Å²) in [5.74, 6) is -0.187. The predicted molar refractivity (Wildman–Crippen MR) is 193 cm³/mol. The van der Waals surface area contributed by atoms with Crippen LogP contribution in [0.4, 0.5) is 0 Å². The summed E-state index contributed by atoms with van der Waals surface area (Å²) < 4.78 is 11.1. The highest BCUT2D eigenvalue weighted by atomic mass is 16.7. The first-order chi connectivity index (χ1) is 23.3. The molecule has 0 aromatic heterocycles. The molecule has 0 radical (unpaired) electrons. The Hall–Kier alpha value is -1.33. The zero-order valence-electron chi connectivity index (χ0n) is 30.5. The van der Waals surface area contributed by atoms with Gasteiger partial charge in [0.15, 0.2) is 6.29 Å². The van der Waals surface area contributed by atoms with Gasteiger partial charge in [-0.05, 0) is 44.9 Å². The minimum atomic E-state index is -1.56. The molecule has 1 amide bonds. The van der Waals surface area contributed by atoms with Gasteiger partial charge in [-0.2, -0.15) is 0 Å². The standard InChI is InChI=1S/C39H73NO8/c1-3-5-7-9-11-13-14-15-16-17-18-19-20-21-23-25-27-29-35(43)40-32(33(42)28-26-24-22-12-10-8-6-4-2)31-47-39-38(46)37(45)36(44)34(30-41)48-39/h15-16,26,28,32-34,36-39,41-42,44-46H,3-14,17-25,27,29-31H2,1-2H3,(H,40,43)/b16-15-,28-26+. The van der Waals surface area contributed by atoms with Gasteiger partial charge in [-0.3, -0.25) is 4.79 Å². The lowest BCUT2D eigenvalue weighted by Crippen LogP contribution is -2.60. The Bertz CT molecular complexity index is 807. The number of aliphatic hydroxyl groups is 5. The number of allylic oxidation sites excluding steroid dienone is 3. The van der Waals surface area contributed by atoms with Crippen LogP contribution in [0.1, 0.15) is 162 Å². The Kier molecular flexibility index (Phi) is 28.4. The topological polar surface area (TPSA) is 149 Å². The highest BCUT2D eigenvalue weighted by Crippen LogP contribution is 2.22. The molecule has 1 aliphatic heterocycles. The van der Waals surface area contributed by atoms with Crippen LogP contribution >= 0.6 is 0 Å². The molecule has 9 nitrogen and oxygen atoms in total. The fourth-order valence-electron chi connectivity index (χ4n) is 6.03. The molecule has 0 bridgehead atoms. The molecule has 6 N–H and O–H groups in total. The summed E-state index contributed by atoms with van der Waals surface area (Å²) in [6.07, 6.45) is 26.6. The summed E-state index contributed by atoms with van der Waals surface area (Å²) in [5.41, 5.74) is 0. The number of hydrogen-bond acceptors (Lipinski definition) is 8. The van der Waals surface area contributed by atoms with E-state index >= 15 is 0 Å². The van der Waals surface area contributed by atoms with Crippen molar-refractivity contribution in [2.45, 2.75) is 204 Å². The maximum absolute atomic E-state index is 12.8. The predicted octanol–water partition coefficient (Wildman–Crippen LogP) is 6.77. The number of aliphatic hydroxyl groups excluding tert-OH is 5. The average molecular weight is 684 g/mol. The molecule has 7 atom stereocenters. The Balaban J connectivity index is 2.38. The van der Waals surface area contributed by atoms with E-state index in [1.54, 1.807) is 6.08 Å². The second kappa shape index (κ2) is 30.5. The van der Waals surface area contributed by atoms with Crippen LogP contribution in [0.15, 0.2) is 24.3 Å². The van der Waals surface area contributed by atoms with Gasteiger partial charge in [-0.25, -0.2) is 0 Å². The second-order valence-corrected chi connectivity index (χ2v) is 13.7. The zero-order chi connectivity index (χ0) is 35.2. The summed E-state index contributed by atoms with van der Waals surface area (Å²) in [6.45, 7) is 3.70. The van der Waals surface area contributed by atoms with Crippen LogP contribution in [-0.2, 0) is 14.3 Å². The first kappa shape index (κ1) is 44.7. The maximum atomic E-state index is 12.8. The van der Waals surface area contributed by atoms with E-state index in [9.17, 15) is 30.3 Å². The second-order valence-electron chi connectivity index (χ2n) is 13.7. The van der Waals surface area contributed by atoms with Crippen molar-refractivity contribution < 1.29 is 39.8 Å². The summed E-state index contributed by atoms with van der Waals surface area (Å²) in [6, 6.07) is -0.800. The van der Waals surface area contributed by atoms with E-state index in [1.807, 2.05) is 6.08 Å². The highest BCUT2D eigenvalue weighted by Gasteiger charge is 2.44. The molecule has 9 heteroatoms. The van der Waals surface area contributed by atoms with Gasteiger partial charge < -0.3 is 40.3 Å². The number of unbranched alkanes of at least 4 members (excludes halogenated alkanes) is 19. The molecule has 0 aromatic rings. The molecule has 7 unspecified atom stereocenters. The van der Waals surface area contributed by atoms with Crippen molar-refractivity contribution in [3.05, 3.63) is 24.3 Å². The van der Waals surface area contributed by atoms with Crippen molar-refractivity contribution in [2.75, 3.05) is 13.2 Å².